The van der Waals surface area contributed by atoms with Gasteiger partial charge >= 0.3 is 0 Å². The van der Waals surface area contributed by atoms with E-state index in [1.54, 1.807) is 17.4 Å². The van der Waals surface area contributed by atoms with E-state index in [1.165, 1.54) is 11.1 Å². The number of nitrogens with zero attached hydrogens (tertiary/aromatic N) is 2. The number of aliphatic imine (C=N–C) groups is 1. The molecule has 0 fully saturated rings. The molecule has 1 aromatic carbocycles. The monoisotopic (exact) mass is 362 g/mol. The fourth-order valence-electron chi connectivity index (χ4n) is 2.45. The minimum Gasteiger partial charge on any atom is -0.357 e. The summed E-state index contributed by atoms with van der Waals surface area (Å²) in [6.45, 7) is 6.31. The van der Waals surface area contributed by atoms with Crippen LogP contribution in [0.2, 0.25) is 0 Å². The van der Waals surface area contributed by atoms with Gasteiger partial charge < -0.3 is 10.6 Å². The Kier molecular flexibility index (Phi) is 8.39. The van der Waals surface area contributed by atoms with Crippen LogP contribution in [0.1, 0.15) is 36.0 Å². The van der Waals surface area contributed by atoms with E-state index in [2.05, 4.69) is 26.0 Å². The van der Waals surface area contributed by atoms with Crippen molar-refractivity contribution < 1.29 is 4.39 Å². The zero-order valence-electron chi connectivity index (χ0n) is 15.0. The lowest BCUT2D eigenvalue weighted by Crippen LogP contribution is -2.38. The largest absolute Gasteiger partial charge is 0.357 e. The second-order valence-corrected chi connectivity index (χ2v) is 6.81. The molecule has 0 bridgehead atoms. The first-order chi connectivity index (χ1) is 12.2. The Bertz CT molecular complexity index is 669. The number of aryl methyl sites for hydroxylation is 2. The molecule has 2 aromatic rings. The number of hydrogen-bond donors (Lipinski definition) is 2. The van der Waals surface area contributed by atoms with Gasteiger partial charge in [0, 0.05) is 30.7 Å². The first-order valence-corrected chi connectivity index (χ1v) is 9.73. The molecule has 0 aliphatic carbocycles. The van der Waals surface area contributed by atoms with Gasteiger partial charge in [0.25, 0.3) is 0 Å². The van der Waals surface area contributed by atoms with Crippen molar-refractivity contribution in [3.8, 4) is 0 Å². The van der Waals surface area contributed by atoms with Crippen LogP contribution >= 0.6 is 11.3 Å². The van der Waals surface area contributed by atoms with Gasteiger partial charge in [0.1, 0.15) is 5.82 Å². The number of aromatic nitrogens is 1. The summed E-state index contributed by atoms with van der Waals surface area (Å²) in [6.07, 6.45) is 3.78. The molecule has 0 saturated carbocycles. The zero-order valence-corrected chi connectivity index (χ0v) is 15.8. The molecule has 1 heterocycles. The van der Waals surface area contributed by atoms with Crippen LogP contribution in [-0.2, 0) is 12.8 Å². The first kappa shape index (κ1) is 19.4. The highest BCUT2D eigenvalue weighted by Gasteiger charge is 2.02. The van der Waals surface area contributed by atoms with Crippen molar-refractivity contribution in [2.45, 2.75) is 39.5 Å². The van der Waals surface area contributed by atoms with Crippen molar-refractivity contribution >= 4 is 17.3 Å². The lowest BCUT2D eigenvalue weighted by molar-refractivity contribution is 0.606. The molecule has 0 unspecified atom stereocenters. The van der Waals surface area contributed by atoms with Gasteiger partial charge in [-0.25, -0.2) is 9.37 Å². The Morgan fingerprint density at radius 2 is 2.04 bits per heavy atom. The van der Waals surface area contributed by atoms with Crippen molar-refractivity contribution in [1.29, 1.82) is 0 Å². The number of hydrogen-bond acceptors (Lipinski definition) is 3. The van der Waals surface area contributed by atoms with Gasteiger partial charge in [0.05, 0.1) is 5.01 Å². The molecule has 0 saturated heterocycles. The summed E-state index contributed by atoms with van der Waals surface area (Å²) in [7, 11) is 0. The lowest BCUT2D eigenvalue weighted by atomic mass is 10.1. The average Bonchev–Trinajstić information content (AvgIpc) is 3.01. The molecule has 0 aliphatic heterocycles. The third-order valence-electron chi connectivity index (χ3n) is 3.72. The fraction of sp³-hybridized carbons (Fsp3) is 0.474. The van der Waals surface area contributed by atoms with Crippen LogP contribution in [0.5, 0.6) is 0 Å². The van der Waals surface area contributed by atoms with Crippen LogP contribution in [0.25, 0.3) is 0 Å². The number of unbranched alkanes of at least 4 members (excludes halogenated alkanes) is 1. The van der Waals surface area contributed by atoms with Gasteiger partial charge in [0.15, 0.2) is 5.96 Å². The normalized spacial score (nSPS) is 11.6. The highest BCUT2D eigenvalue weighted by atomic mass is 32.1. The van der Waals surface area contributed by atoms with Crippen molar-refractivity contribution in [3.63, 3.8) is 0 Å². The minimum atomic E-state index is -0.149. The number of benzene rings is 1. The number of nitrogens with one attached hydrogen (secondary N) is 2. The van der Waals surface area contributed by atoms with E-state index >= 15 is 0 Å². The summed E-state index contributed by atoms with van der Waals surface area (Å²) in [4.78, 5) is 9.06. The van der Waals surface area contributed by atoms with Crippen LogP contribution in [-0.4, -0.2) is 30.6 Å². The maximum Gasteiger partial charge on any atom is 0.191 e. The third-order valence-corrected chi connectivity index (χ3v) is 4.75. The molecule has 0 spiro atoms. The summed E-state index contributed by atoms with van der Waals surface area (Å²) in [6, 6.07) is 6.90. The van der Waals surface area contributed by atoms with Crippen molar-refractivity contribution in [2.24, 2.45) is 4.99 Å². The minimum absolute atomic E-state index is 0.149. The van der Waals surface area contributed by atoms with Crippen LogP contribution in [0.3, 0.4) is 0 Å². The highest BCUT2D eigenvalue weighted by Crippen LogP contribution is 2.11. The van der Waals surface area contributed by atoms with Crippen molar-refractivity contribution in [2.75, 3.05) is 19.6 Å². The van der Waals surface area contributed by atoms with Crippen LogP contribution in [0.4, 0.5) is 4.39 Å². The Balaban J connectivity index is 1.69. The standard InChI is InChI=1S/C19H27FN4S/c1-3-21-19(23-13-11-16-8-4-5-9-17(16)20)22-12-7-6-10-18-24-15(2)14-25-18/h4-5,8-9,14H,3,6-7,10-13H2,1-2H3,(H2,21,22,23). The number of rotatable bonds is 9. The molecular weight excluding hydrogens is 335 g/mol. The summed E-state index contributed by atoms with van der Waals surface area (Å²) < 4.78 is 13.6. The molecule has 0 radical (unpaired) electrons. The summed E-state index contributed by atoms with van der Waals surface area (Å²) in [5, 5.41) is 9.80. The number of halogens is 1. The maximum atomic E-state index is 13.6. The van der Waals surface area contributed by atoms with Gasteiger partial charge in [0.2, 0.25) is 0 Å². The van der Waals surface area contributed by atoms with Gasteiger partial charge in [-0.3, -0.25) is 4.99 Å². The molecule has 4 nitrogen and oxygen atoms in total. The SMILES string of the molecule is CCNC(=NCCCCc1nc(C)cs1)NCCc1ccccc1F. The third kappa shape index (κ3) is 7.22. The predicted octanol–water partition coefficient (Wildman–Crippen LogP) is 3.71. The summed E-state index contributed by atoms with van der Waals surface area (Å²) in [5.41, 5.74) is 1.83. The maximum absolute atomic E-state index is 13.6. The van der Waals surface area contributed by atoms with E-state index in [4.69, 9.17) is 0 Å². The van der Waals surface area contributed by atoms with E-state index in [1.807, 2.05) is 26.0 Å². The second-order valence-electron chi connectivity index (χ2n) is 5.87. The molecule has 2 rings (SSSR count). The first-order valence-electron chi connectivity index (χ1n) is 8.85. The average molecular weight is 363 g/mol. The second kappa shape index (κ2) is 10.8. The van der Waals surface area contributed by atoms with Gasteiger partial charge in [-0.05, 0) is 51.2 Å². The van der Waals surface area contributed by atoms with E-state index in [0.29, 0.717) is 13.0 Å². The molecular formula is C19H27FN4S. The smallest absolute Gasteiger partial charge is 0.191 e. The van der Waals surface area contributed by atoms with Gasteiger partial charge in [-0.1, -0.05) is 18.2 Å². The van der Waals surface area contributed by atoms with E-state index in [-0.39, 0.29) is 5.82 Å². The molecule has 0 amide bonds. The van der Waals surface area contributed by atoms with Crippen molar-refractivity contribution in [3.05, 3.63) is 51.7 Å². The highest BCUT2D eigenvalue weighted by molar-refractivity contribution is 7.09. The predicted molar refractivity (Wildman–Crippen MR) is 104 cm³/mol. The summed E-state index contributed by atoms with van der Waals surface area (Å²) in [5.74, 6) is 0.646. The number of guanidine groups is 1. The molecule has 6 heteroatoms. The molecule has 0 atom stereocenters. The van der Waals surface area contributed by atoms with E-state index in [9.17, 15) is 4.39 Å². The van der Waals surface area contributed by atoms with E-state index in [0.717, 1.165) is 49.6 Å². The number of thiazole rings is 1. The Morgan fingerprint density at radius 3 is 2.76 bits per heavy atom. The molecule has 25 heavy (non-hydrogen) atoms. The molecule has 2 N–H and O–H groups in total. The molecule has 0 aliphatic rings. The van der Waals surface area contributed by atoms with Crippen LogP contribution < -0.4 is 10.6 Å². The molecule has 1 aromatic heterocycles. The van der Waals surface area contributed by atoms with E-state index < -0.39 is 0 Å². The Labute approximate surface area is 153 Å². The Hall–Kier alpha value is -1.95. The van der Waals surface area contributed by atoms with Crippen LogP contribution in [0, 0.1) is 12.7 Å². The Morgan fingerprint density at radius 1 is 1.20 bits per heavy atom. The summed E-state index contributed by atoms with van der Waals surface area (Å²) >= 11 is 1.73. The quantitative estimate of drug-likeness (QED) is 0.406. The van der Waals surface area contributed by atoms with Gasteiger partial charge in [-0.15, -0.1) is 11.3 Å². The fourth-order valence-corrected chi connectivity index (χ4v) is 3.27. The topological polar surface area (TPSA) is 49.3 Å². The molecule has 136 valence electrons. The lowest BCUT2D eigenvalue weighted by Gasteiger charge is -2.11. The van der Waals surface area contributed by atoms with Crippen molar-refractivity contribution in [1.82, 2.24) is 15.6 Å². The van der Waals surface area contributed by atoms with Crippen LogP contribution in [0.15, 0.2) is 34.6 Å². The zero-order chi connectivity index (χ0) is 17.9. The van der Waals surface area contributed by atoms with Gasteiger partial charge in [-0.2, -0.15) is 0 Å².